The maximum atomic E-state index is 12.2. The highest BCUT2D eigenvalue weighted by Gasteiger charge is 2.36. The van der Waals surface area contributed by atoms with E-state index in [1.165, 1.54) is 12.2 Å². The zero-order chi connectivity index (χ0) is 10.3. The largest absolute Gasteiger partial charge is 0.430 e. The van der Waals surface area contributed by atoms with E-state index in [0.717, 1.165) is 6.08 Å². The molecule has 0 radical (unpaired) electrons. The molecule has 2 aliphatic rings. The highest BCUT2D eigenvalue weighted by Crippen LogP contribution is 2.31. The average Bonchev–Trinajstić information content (AvgIpc) is 2.46. The maximum Gasteiger partial charge on any atom is 0.430 e. The summed E-state index contributed by atoms with van der Waals surface area (Å²) in [5.41, 5.74) is -0.126. The van der Waals surface area contributed by atoms with Crippen molar-refractivity contribution in [1.82, 2.24) is 5.32 Å². The van der Waals surface area contributed by atoms with Crippen LogP contribution in [0, 0.1) is 0 Å². The van der Waals surface area contributed by atoms with Crippen LogP contribution in [0.15, 0.2) is 35.2 Å². The van der Waals surface area contributed by atoms with Crippen molar-refractivity contribution in [2.75, 3.05) is 0 Å². The molecule has 0 aromatic rings. The van der Waals surface area contributed by atoms with Crippen LogP contribution < -0.4 is 5.32 Å². The molecular weight excluding hydrogens is 195 g/mol. The summed E-state index contributed by atoms with van der Waals surface area (Å²) in [6.07, 6.45) is -0.702. The van der Waals surface area contributed by atoms with Crippen LogP contribution in [0.3, 0.4) is 0 Å². The molecule has 1 N–H and O–H groups in total. The molecule has 0 aromatic heterocycles. The van der Waals surface area contributed by atoms with Crippen LogP contribution in [0.5, 0.6) is 0 Å². The molecule has 1 heterocycles. The number of halogens is 3. The number of hydrogen-bond acceptors (Lipinski definition) is 2. The summed E-state index contributed by atoms with van der Waals surface area (Å²) >= 11 is 0. The van der Waals surface area contributed by atoms with E-state index in [1.807, 2.05) is 0 Å². The molecule has 0 spiro atoms. The monoisotopic (exact) mass is 201 g/mol. The van der Waals surface area contributed by atoms with Crippen LogP contribution in [0.4, 0.5) is 13.2 Å². The number of rotatable bonds is 0. The van der Waals surface area contributed by atoms with Crippen molar-refractivity contribution >= 4 is 5.78 Å². The van der Waals surface area contributed by atoms with Crippen LogP contribution in [0.25, 0.3) is 0 Å². The van der Waals surface area contributed by atoms with Crippen molar-refractivity contribution in [3.8, 4) is 0 Å². The summed E-state index contributed by atoms with van der Waals surface area (Å²) in [4.78, 5) is 11.1. The lowest BCUT2D eigenvalue weighted by Gasteiger charge is -2.19. The predicted octanol–water partition coefficient (Wildman–Crippen LogP) is 1.82. The summed E-state index contributed by atoms with van der Waals surface area (Å²) in [5, 5.41) is 2.19. The van der Waals surface area contributed by atoms with E-state index in [1.54, 1.807) is 0 Å². The first kappa shape index (κ1) is 9.05. The van der Waals surface area contributed by atoms with E-state index in [4.69, 9.17) is 0 Å². The van der Waals surface area contributed by atoms with Crippen LogP contribution in [-0.2, 0) is 4.79 Å². The van der Waals surface area contributed by atoms with Crippen molar-refractivity contribution in [1.29, 1.82) is 0 Å². The van der Waals surface area contributed by atoms with Gasteiger partial charge in [-0.25, -0.2) is 0 Å². The van der Waals surface area contributed by atoms with Gasteiger partial charge in [-0.3, -0.25) is 4.79 Å². The summed E-state index contributed by atoms with van der Waals surface area (Å²) < 4.78 is 36.7. The number of carbonyl (C=O) groups excluding carboxylic acids is 1. The summed E-state index contributed by atoms with van der Waals surface area (Å²) in [7, 11) is 0. The Balaban J connectivity index is 2.24. The topological polar surface area (TPSA) is 29.1 Å². The van der Waals surface area contributed by atoms with Crippen molar-refractivity contribution in [2.24, 2.45) is 0 Å². The first-order valence-electron chi connectivity index (χ1n) is 3.98. The van der Waals surface area contributed by atoms with Crippen molar-refractivity contribution in [3.63, 3.8) is 0 Å². The van der Waals surface area contributed by atoms with Crippen LogP contribution in [0.2, 0.25) is 0 Å². The molecule has 0 saturated heterocycles. The van der Waals surface area contributed by atoms with Gasteiger partial charge in [-0.05, 0) is 18.6 Å². The number of hydrogen-bond donors (Lipinski definition) is 1. The second kappa shape index (κ2) is 2.73. The number of carbonyl (C=O) groups is 1. The van der Waals surface area contributed by atoms with Crippen molar-refractivity contribution in [2.45, 2.75) is 12.6 Å². The summed E-state index contributed by atoms with van der Waals surface area (Å²) in [5.74, 6) is -0.218. The van der Waals surface area contributed by atoms with Gasteiger partial charge >= 0.3 is 6.18 Å². The molecule has 0 aromatic carbocycles. The fourth-order valence-corrected chi connectivity index (χ4v) is 1.41. The van der Waals surface area contributed by atoms with Crippen LogP contribution in [-0.4, -0.2) is 12.0 Å². The zero-order valence-electron chi connectivity index (χ0n) is 6.98. The van der Waals surface area contributed by atoms with Gasteiger partial charge in [0.2, 0.25) is 0 Å². The molecule has 1 aliphatic heterocycles. The first-order chi connectivity index (χ1) is 6.48. The highest BCUT2D eigenvalue weighted by atomic mass is 19.4. The number of allylic oxidation sites excluding steroid dienone is 5. The van der Waals surface area contributed by atoms with Crippen LogP contribution >= 0.6 is 0 Å². The Morgan fingerprint density at radius 3 is 2.64 bits per heavy atom. The fraction of sp³-hybridized carbons (Fsp3) is 0.222. The van der Waals surface area contributed by atoms with Gasteiger partial charge < -0.3 is 5.32 Å². The molecule has 0 saturated carbocycles. The molecule has 0 atom stereocenters. The van der Waals surface area contributed by atoms with Crippen molar-refractivity contribution < 1.29 is 18.0 Å². The lowest BCUT2D eigenvalue weighted by molar-refractivity contribution is -0.111. The van der Waals surface area contributed by atoms with E-state index >= 15 is 0 Å². The fourth-order valence-electron chi connectivity index (χ4n) is 1.41. The third kappa shape index (κ3) is 1.34. The van der Waals surface area contributed by atoms with Gasteiger partial charge in [-0.2, -0.15) is 13.2 Å². The molecule has 1 aliphatic carbocycles. The smallest absolute Gasteiger partial charge is 0.351 e. The van der Waals surface area contributed by atoms with Gasteiger partial charge in [-0.1, -0.05) is 6.08 Å². The standard InChI is InChI=1S/C9H6F3NO/c10-9(11,12)8-4-1-5-6(13-8)2-3-7(5)14/h2-4,13H,1H2. The Kier molecular flexibility index (Phi) is 1.77. The van der Waals surface area contributed by atoms with E-state index in [2.05, 4.69) is 5.32 Å². The number of nitrogens with one attached hydrogen (secondary N) is 1. The molecule has 74 valence electrons. The Morgan fingerprint density at radius 1 is 1.29 bits per heavy atom. The van der Waals surface area contributed by atoms with E-state index < -0.39 is 11.9 Å². The van der Waals surface area contributed by atoms with Gasteiger partial charge in [-0.15, -0.1) is 0 Å². The maximum absolute atomic E-state index is 12.2. The van der Waals surface area contributed by atoms with Crippen molar-refractivity contribution in [3.05, 3.63) is 35.2 Å². The van der Waals surface area contributed by atoms with Gasteiger partial charge in [0.05, 0.1) is 0 Å². The average molecular weight is 201 g/mol. The Bertz CT molecular complexity index is 387. The van der Waals surface area contributed by atoms with Crippen LogP contribution in [0.1, 0.15) is 6.42 Å². The Labute approximate surface area is 77.8 Å². The van der Waals surface area contributed by atoms with Gasteiger partial charge in [0, 0.05) is 11.3 Å². The normalized spacial score (nSPS) is 20.8. The first-order valence-corrected chi connectivity index (χ1v) is 3.98. The molecule has 5 heteroatoms. The lowest BCUT2D eigenvalue weighted by Crippen LogP contribution is -2.28. The molecule has 2 rings (SSSR count). The molecule has 0 amide bonds. The highest BCUT2D eigenvalue weighted by molar-refractivity contribution is 6.08. The molecule has 0 bridgehead atoms. The second-order valence-corrected chi connectivity index (χ2v) is 3.03. The molecule has 0 unspecified atom stereocenters. The van der Waals surface area contributed by atoms with E-state index in [-0.39, 0.29) is 17.9 Å². The zero-order valence-corrected chi connectivity index (χ0v) is 6.98. The summed E-state index contributed by atoms with van der Waals surface area (Å²) in [6.45, 7) is 0. The third-order valence-electron chi connectivity index (χ3n) is 2.11. The second-order valence-electron chi connectivity index (χ2n) is 3.03. The Hall–Kier alpha value is -1.52. The predicted molar refractivity (Wildman–Crippen MR) is 43.1 cm³/mol. The van der Waals surface area contributed by atoms with Gasteiger partial charge in [0.15, 0.2) is 5.78 Å². The minimum Gasteiger partial charge on any atom is -0.351 e. The van der Waals surface area contributed by atoms with Gasteiger partial charge in [0.25, 0.3) is 0 Å². The molecule has 2 nitrogen and oxygen atoms in total. The molecule has 0 fully saturated rings. The van der Waals surface area contributed by atoms with E-state index in [9.17, 15) is 18.0 Å². The van der Waals surface area contributed by atoms with E-state index in [0.29, 0.717) is 5.57 Å². The van der Waals surface area contributed by atoms with Gasteiger partial charge in [0.1, 0.15) is 5.70 Å². The quantitative estimate of drug-likeness (QED) is 0.647. The molecular formula is C9H6F3NO. The number of ketones is 1. The lowest BCUT2D eigenvalue weighted by atomic mass is 10.1. The molecule has 14 heavy (non-hydrogen) atoms. The summed E-state index contributed by atoms with van der Waals surface area (Å²) in [6, 6.07) is 0. The minimum absolute atomic E-state index is 0.0447. The SMILES string of the molecule is O=C1C=CC2=C1CC=C(C(F)(F)F)N2. The number of dihydropyridines is 1. The third-order valence-corrected chi connectivity index (χ3v) is 2.11. The number of alkyl halides is 3. The Morgan fingerprint density at radius 2 is 2.00 bits per heavy atom. The minimum atomic E-state index is -4.38.